The smallest absolute Gasteiger partial charge is 0.140 e. The minimum absolute atomic E-state index is 0.229. The summed E-state index contributed by atoms with van der Waals surface area (Å²) in [6.45, 7) is 1.99. The molecule has 1 aliphatic rings. The molecule has 0 aromatic heterocycles. The van der Waals surface area contributed by atoms with Crippen molar-refractivity contribution in [3.05, 3.63) is 28.5 Å². The Balaban J connectivity index is 2.17. The summed E-state index contributed by atoms with van der Waals surface area (Å²) in [5.74, 6) is 0.680. The van der Waals surface area contributed by atoms with Gasteiger partial charge in [0.15, 0.2) is 0 Å². The maximum absolute atomic E-state index is 13.7. The predicted molar refractivity (Wildman–Crippen MR) is 62.6 cm³/mol. The van der Waals surface area contributed by atoms with Crippen LogP contribution in [-0.4, -0.2) is 20.2 Å². The fraction of sp³-hybridized carbons (Fsp3) is 0.500. The summed E-state index contributed by atoms with van der Waals surface area (Å²) in [5.41, 5.74) is 0.680. The van der Waals surface area contributed by atoms with E-state index in [1.807, 2.05) is 0 Å². The zero-order valence-electron chi connectivity index (χ0n) is 9.22. The number of methoxy groups -OCH3 is 1. The van der Waals surface area contributed by atoms with E-state index in [2.05, 4.69) is 5.32 Å². The van der Waals surface area contributed by atoms with E-state index in [0.717, 1.165) is 25.9 Å². The monoisotopic (exact) mass is 243 g/mol. The highest BCUT2D eigenvalue weighted by Gasteiger charge is 2.18. The maximum atomic E-state index is 13.7. The summed E-state index contributed by atoms with van der Waals surface area (Å²) in [7, 11) is 1.49. The van der Waals surface area contributed by atoms with Crippen LogP contribution in [0.4, 0.5) is 4.39 Å². The Morgan fingerprint density at radius 3 is 3.00 bits per heavy atom. The molecule has 2 nitrogen and oxygen atoms in total. The Morgan fingerprint density at radius 1 is 1.56 bits per heavy atom. The lowest BCUT2D eigenvalue weighted by molar-refractivity contribution is 0.410. The van der Waals surface area contributed by atoms with Gasteiger partial charge in [-0.05, 0) is 43.5 Å². The van der Waals surface area contributed by atoms with Gasteiger partial charge >= 0.3 is 0 Å². The van der Waals surface area contributed by atoms with Crippen LogP contribution >= 0.6 is 11.6 Å². The molecule has 0 aliphatic carbocycles. The normalized spacial score (nSPS) is 20.1. The van der Waals surface area contributed by atoms with Crippen LogP contribution in [0.1, 0.15) is 12.0 Å². The Hall–Kier alpha value is -0.800. The molecular weight excluding hydrogens is 229 g/mol. The number of halogens is 2. The van der Waals surface area contributed by atoms with Gasteiger partial charge in [0.05, 0.1) is 12.1 Å². The number of hydrogen-bond acceptors (Lipinski definition) is 2. The molecule has 1 atom stereocenters. The van der Waals surface area contributed by atoms with E-state index < -0.39 is 0 Å². The average Bonchev–Trinajstić information content (AvgIpc) is 2.75. The first-order chi connectivity index (χ1) is 7.70. The van der Waals surface area contributed by atoms with Crippen molar-refractivity contribution in [2.75, 3.05) is 20.2 Å². The van der Waals surface area contributed by atoms with Crippen LogP contribution in [0.15, 0.2) is 12.1 Å². The Kier molecular flexibility index (Phi) is 3.66. The first kappa shape index (κ1) is 11.7. The SMILES string of the molecule is COc1cc(F)c(CC2CCNC2)cc1Cl. The number of rotatable bonds is 3. The molecular formula is C12H15ClFNO. The summed E-state index contributed by atoms with van der Waals surface area (Å²) in [4.78, 5) is 0. The minimum atomic E-state index is -0.229. The van der Waals surface area contributed by atoms with Gasteiger partial charge in [-0.25, -0.2) is 4.39 Å². The van der Waals surface area contributed by atoms with Crippen molar-refractivity contribution in [1.29, 1.82) is 0 Å². The molecule has 0 saturated carbocycles. The molecule has 1 aliphatic heterocycles. The van der Waals surface area contributed by atoms with Crippen molar-refractivity contribution >= 4 is 11.6 Å². The van der Waals surface area contributed by atoms with Gasteiger partial charge < -0.3 is 10.1 Å². The van der Waals surface area contributed by atoms with Crippen molar-refractivity contribution in [2.45, 2.75) is 12.8 Å². The van der Waals surface area contributed by atoms with Gasteiger partial charge in [-0.1, -0.05) is 11.6 Å². The van der Waals surface area contributed by atoms with Gasteiger partial charge in [-0.2, -0.15) is 0 Å². The molecule has 1 N–H and O–H groups in total. The molecule has 1 saturated heterocycles. The molecule has 1 unspecified atom stereocenters. The van der Waals surface area contributed by atoms with E-state index in [1.54, 1.807) is 6.07 Å². The van der Waals surface area contributed by atoms with Gasteiger partial charge in [0.2, 0.25) is 0 Å². The molecule has 0 amide bonds. The van der Waals surface area contributed by atoms with Crippen LogP contribution in [0.5, 0.6) is 5.75 Å². The largest absolute Gasteiger partial charge is 0.495 e. The zero-order chi connectivity index (χ0) is 11.5. The van der Waals surface area contributed by atoms with E-state index in [9.17, 15) is 4.39 Å². The summed E-state index contributed by atoms with van der Waals surface area (Å²) in [5, 5.41) is 3.75. The summed E-state index contributed by atoms with van der Waals surface area (Å²) >= 11 is 5.98. The fourth-order valence-electron chi connectivity index (χ4n) is 2.08. The van der Waals surface area contributed by atoms with Crippen molar-refractivity contribution in [3.8, 4) is 5.75 Å². The highest BCUT2D eigenvalue weighted by molar-refractivity contribution is 6.32. The molecule has 1 fully saturated rings. The van der Waals surface area contributed by atoms with Gasteiger partial charge in [0.1, 0.15) is 11.6 Å². The summed E-state index contributed by atoms with van der Waals surface area (Å²) in [6.07, 6.45) is 1.84. The van der Waals surface area contributed by atoms with Crippen LogP contribution in [0.2, 0.25) is 5.02 Å². The standard InChI is InChI=1S/C12H15ClFNO/c1-16-12-6-11(14)9(5-10(12)13)4-8-2-3-15-7-8/h5-6,8,15H,2-4,7H2,1H3. The van der Waals surface area contributed by atoms with Crippen LogP contribution in [0.3, 0.4) is 0 Å². The molecule has 0 radical (unpaired) electrons. The third-order valence-electron chi connectivity index (χ3n) is 2.99. The molecule has 1 aromatic rings. The molecule has 4 heteroatoms. The van der Waals surface area contributed by atoms with Crippen LogP contribution in [-0.2, 0) is 6.42 Å². The highest BCUT2D eigenvalue weighted by Crippen LogP contribution is 2.29. The topological polar surface area (TPSA) is 21.3 Å². The van der Waals surface area contributed by atoms with Gasteiger partial charge in [0.25, 0.3) is 0 Å². The lowest BCUT2D eigenvalue weighted by Gasteiger charge is -2.11. The third kappa shape index (κ3) is 2.47. The van der Waals surface area contributed by atoms with Crippen LogP contribution in [0, 0.1) is 11.7 Å². The van der Waals surface area contributed by atoms with Gasteiger partial charge in [-0.3, -0.25) is 0 Å². The third-order valence-corrected chi connectivity index (χ3v) is 3.29. The molecule has 1 aromatic carbocycles. The van der Waals surface area contributed by atoms with E-state index in [1.165, 1.54) is 13.2 Å². The van der Waals surface area contributed by atoms with E-state index >= 15 is 0 Å². The first-order valence-corrected chi connectivity index (χ1v) is 5.81. The van der Waals surface area contributed by atoms with E-state index in [-0.39, 0.29) is 5.82 Å². The molecule has 0 bridgehead atoms. The zero-order valence-corrected chi connectivity index (χ0v) is 9.98. The number of ether oxygens (including phenoxy) is 1. The highest BCUT2D eigenvalue weighted by atomic mass is 35.5. The maximum Gasteiger partial charge on any atom is 0.140 e. The number of hydrogen-bond donors (Lipinski definition) is 1. The Labute approximate surface area is 99.7 Å². The molecule has 2 rings (SSSR count). The van der Waals surface area contributed by atoms with Gasteiger partial charge in [-0.15, -0.1) is 0 Å². The Bertz CT molecular complexity index is 378. The second-order valence-corrected chi connectivity index (χ2v) is 4.55. The van der Waals surface area contributed by atoms with Crippen molar-refractivity contribution < 1.29 is 9.13 Å². The quantitative estimate of drug-likeness (QED) is 0.881. The first-order valence-electron chi connectivity index (χ1n) is 5.43. The molecule has 1 heterocycles. The molecule has 16 heavy (non-hydrogen) atoms. The Morgan fingerprint density at radius 2 is 2.38 bits per heavy atom. The van der Waals surface area contributed by atoms with Crippen molar-refractivity contribution in [2.24, 2.45) is 5.92 Å². The average molecular weight is 244 g/mol. The van der Waals surface area contributed by atoms with E-state index in [4.69, 9.17) is 16.3 Å². The second kappa shape index (κ2) is 5.02. The van der Waals surface area contributed by atoms with Crippen molar-refractivity contribution in [1.82, 2.24) is 5.32 Å². The summed E-state index contributed by atoms with van der Waals surface area (Å²) < 4.78 is 18.7. The summed E-state index contributed by atoms with van der Waals surface area (Å²) in [6, 6.07) is 3.04. The molecule has 0 spiro atoms. The fourth-order valence-corrected chi connectivity index (χ4v) is 2.35. The van der Waals surface area contributed by atoms with Crippen molar-refractivity contribution in [3.63, 3.8) is 0 Å². The number of nitrogens with one attached hydrogen (secondary N) is 1. The lowest BCUT2D eigenvalue weighted by atomic mass is 9.98. The predicted octanol–water partition coefficient (Wildman–Crippen LogP) is 2.64. The second-order valence-electron chi connectivity index (χ2n) is 4.14. The molecule has 88 valence electrons. The number of benzene rings is 1. The van der Waals surface area contributed by atoms with E-state index in [0.29, 0.717) is 22.3 Å². The lowest BCUT2D eigenvalue weighted by Crippen LogP contribution is -2.11. The van der Waals surface area contributed by atoms with Crippen LogP contribution in [0.25, 0.3) is 0 Å². The van der Waals surface area contributed by atoms with Crippen LogP contribution < -0.4 is 10.1 Å². The minimum Gasteiger partial charge on any atom is -0.495 e. The van der Waals surface area contributed by atoms with Gasteiger partial charge in [0, 0.05) is 6.07 Å².